The fraction of sp³-hybridized carbons (Fsp3) is 0.583. The van der Waals surface area contributed by atoms with Crippen LogP contribution in [0.2, 0.25) is 0 Å². The zero-order valence-electron chi connectivity index (χ0n) is 11.7. The zero-order chi connectivity index (χ0) is 14.9. The topological polar surface area (TPSA) is 77.8 Å². The van der Waals surface area contributed by atoms with Gasteiger partial charge in [-0.3, -0.25) is 0 Å². The van der Waals surface area contributed by atoms with Crippen molar-refractivity contribution in [2.75, 3.05) is 33.4 Å². The average molecular weight is 302 g/mol. The van der Waals surface area contributed by atoms with Gasteiger partial charge in [-0.05, 0) is 13.0 Å². The molecule has 0 saturated carbocycles. The maximum Gasteiger partial charge on any atom is 0.354 e. The number of esters is 1. The summed E-state index contributed by atoms with van der Waals surface area (Å²) in [7, 11) is -0.708. The molecule has 0 unspecified atom stereocenters. The van der Waals surface area contributed by atoms with E-state index in [1.54, 1.807) is 14.0 Å². The van der Waals surface area contributed by atoms with Gasteiger partial charge >= 0.3 is 5.97 Å². The largest absolute Gasteiger partial charge is 0.464 e. The summed E-state index contributed by atoms with van der Waals surface area (Å²) in [6, 6.07) is 1.37. The number of sulfonamides is 1. The Bertz CT molecular complexity index is 614. The zero-order valence-corrected chi connectivity index (χ0v) is 12.6. The van der Waals surface area contributed by atoms with Crippen molar-refractivity contribution in [3.05, 3.63) is 17.5 Å². The number of nitrogens with zero attached hydrogens (tertiary/aromatic N) is 2. The lowest BCUT2D eigenvalue weighted by atomic mass is 10.4. The molecule has 2 heterocycles. The van der Waals surface area contributed by atoms with Crippen molar-refractivity contribution in [2.24, 2.45) is 7.05 Å². The van der Waals surface area contributed by atoms with E-state index in [1.807, 2.05) is 0 Å². The average Bonchev–Trinajstić information content (AvgIpc) is 2.76. The number of morpholine rings is 1. The lowest BCUT2D eigenvalue weighted by Gasteiger charge is -2.25. The fourth-order valence-electron chi connectivity index (χ4n) is 2.16. The van der Waals surface area contributed by atoms with Gasteiger partial charge in [0.05, 0.1) is 20.3 Å². The molecule has 0 spiro atoms. The van der Waals surface area contributed by atoms with Gasteiger partial charge in [0.15, 0.2) is 0 Å². The van der Waals surface area contributed by atoms with Crippen LogP contribution in [0.25, 0.3) is 0 Å². The van der Waals surface area contributed by atoms with Crippen molar-refractivity contribution >= 4 is 16.0 Å². The summed E-state index contributed by atoms with van der Waals surface area (Å²) < 4.78 is 37.9. The van der Waals surface area contributed by atoms with Gasteiger partial charge in [-0.15, -0.1) is 0 Å². The molecule has 1 aromatic rings. The Morgan fingerprint density at radius 2 is 1.95 bits per heavy atom. The first-order valence-electron chi connectivity index (χ1n) is 6.22. The quantitative estimate of drug-likeness (QED) is 0.742. The van der Waals surface area contributed by atoms with Crippen molar-refractivity contribution in [1.29, 1.82) is 0 Å². The molecule has 0 amide bonds. The van der Waals surface area contributed by atoms with E-state index < -0.39 is 16.0 Å². The number of ether oxygens (including phenoxy) is 2. The van der Waals surface area contributed by atoms with Crippen LogP contribution in [0.15, 0.2) is 11.0 Å². The van der Waals surface area contributed by atoms with Crippen LogP contribution >= 0.6 is 0 Å². The first-order valence-corrected chi connectivity index (χ1v) is 7.66. The summed E-state index contributed by atoms with van der Waals surface area (Å²) in [5.41, 5.74) is 0.730. The standard InChI is InChI=1S/C12H18N2O5S/c1-9-11(8-10(13(9)2)12(15)18-3)20(16,17)14-4-6-19-7-5-14/h8H,4-7H2,1-3H3. The predicted molar refractivity (Wildman–Crippen MR) is 71.1 cm³/mol. The Hall–Kier alpha value is -1.38. The maximum atomic E-state index is 12.6. The van der Waals surface area contributed by atoms with E-state index in [4.69, 9.17) is 4.74 Å². The number of rotatable bonds is 3. The minimum absolute atomic E-state index is 0.141. The van der Waals surface area contributed by atoms with Gasteiger partial charge in [-0.2, -0.15) is 4.31 Å². The molecule has 0 bridgehead atoms. The second-order valence-electron chi connectivity index (χ2n) is 4.55. The highest BCUT2D eigenvalue weighted by Gasteiger charge is 2.31. The van der Waals surface area contributed by atoms with E-state index in [-0.39, 0.29) is 10.6 Å². The summed E-state index contributed by atoms with van der Waals surface area (Å²) in [4.78, 5) is 11.8. The van der Waals surface area contributed by atoms with Crippen LogP contribution in [0.5, 0.6) is 0 Å². The van der Waals surface area contributed by atoms with Crippen LogP contribution in [-0.2, 0) is 26.5 Å². The third-order valence-electron chi connectivity index (χ3n) is 3.47. The van der Waals surface area contributed by atoms with Crippen molar-refractivity contribution in [2.45, 2.75) is 11.8 Å². The first-order chi connectivity index (χ1) is 9.39. The number of carbonyl (C=O) groups excluding carboxylic acids is 1. The normalized spacial score (nSPS) is 17.1. The summed E-state index contributed by atoms with van der Waals surface area (Å²) in [5, 5.41) is 0. The molecule has 1 aliphatic rings. The molecule has 20 heavy (non-hydrogen) atoms. The molecule has 1 saturated heterocycles. The predicted octanol–water partition coefficient (Wildman–Crippen LogP) is 0.141. The highest BCUT2D eigenvalue weighted by molar-refractivity contribution is 7.89. The van der Waals surface area contributed by atoms with Crippen LogP contribution < -0.4 is 0 Å². The van der Waals surface area contributed by atoms with E-state index in [2.05, 4.69) is 4.74 Å². The SMILES string of the molecule is COC(=O)c1cc(S(=O)(=O)N2CCOCC2)c(C)n1C. The molecule has 1 aromatic heterocycles. The van der Waals surface area contributed by atoms with Gasteiger partial charge in [0.25, 0.3) is 0 Å². The molecule has 0 radical (unpaired) electrons. The van der Waals surface area contributed by atoms with E-state index in [1.165, 1.54) is 22.0 Å². The van der Waals surface area contributed by atoms with Crippen molar-refractivity contribution in [1.82, 2.24) is 8.87 Å². The molecular formula is C12H18N2O5S. The number of hydrogen-bond donors (Lipinski definition) is 0. The van der Waals surface area contributed by atoms with Crippen LogP contribution in [0.3, 0.4) is 0 Å². The molecule has 2 rings (SSSR count). The lowest BCUT2D eigenvalue weighted by Crippen LogP contribution is -2.40. The molecule has 1 aliphatic heterocycles. The smallest absolute Gasteiger partial charge is 0.354 e. The Kier molecular flexibility index (Phi) is 4.17. The van der Waals surface area contributed by atoms with Gasteiger partial charge in [0, 0.05) is 25.8 Å². The Labute approximate surface area is 118 Å². The van der Waals surface area contributed by atoms with Gasteiger partial charge in [-0.25, -0.2) is 13.2 Å². The van der Waals surface area contributed by atoms with Crippen LogP contribution in [0, 0.1) is 6.92 Å². The Morgan fingerprint density at radius 1 is 1.35 bits per heavy atom. The molecule has 0 aromatic carbocycles. The summed E-state index contributed by atoms with van der Waals surface area (Å²) in [5.74, 6) is -0.556. The minimum atomic E-state index is -3.61. The fourth-order valence-corrected chi connectivity index (χ4v) is 3.84. The van der Waals surface area contributed by atoms with E-state index in [0.29, 0.717) is 32.0 Å². The molecule has 8 heteroatoms. The first kappa shape index (κ1) is 15.0. The molecule has 112 valence electrons. The van der Waals surface area contributed by atoms with E-state index >= 15 is 0 Å². The maximum absolute atomic E-state index is 12.6. The van der Waals surface area contributed by atoms with Crippen molar-refractivity contribution in [3.63, 3.8) is 0 Å². The molecule has 7 nitrogen and oxygen atoms in total. The second kappa shape index (κ2) is 5.55. The molecule has 0 atom stereocenters. The Balaban J connectivity index is 2.44. The third-order valence-corrected chi connectivity index (χ3v) is 5.49. The van der Waals surface area contributed by atoms with E-state index in [9.17, 15) is 13.2 Å². The lowest BCUT2D eigenvalue weighted by molar-refractivity contribution is 0.0589. The second-order valence-corrected chi connectivity index (χ2v) is 6.45. The van der Waals surface area contributed by atoms with Gasteiger partial charge in [0.1, 0.15) is 10.6 Å². The van der Waals surface area contributed by atoms with Gasteiger partial charge in [-0.1, -0.05) is 0 Å². The third kappa shape index (κ3) is 2.46. The van der Waals surface area contributed by atoms with Crippen LogP contribution in [0.1, 0.15) is 16.2 Å². The number of methoxy groups -OCH3 is 1. The summed E-state index contributed by atoms with van der Waals surface area (Å²) >= 11 is 0. The minimum Gasteiger partial charge on any atom is -0.464 e. The number of aromatic nitrogens is 1. The van der Waals surface area contributed by atoms with Crippen molar-refractivity contribution < 1.29 is 22.7 Å². The van der Waals surface area contributed by atoms with Crippen LogP contribution in [-0.4, -0.2) is 56.7 Å². The highest BCUT2D eigenvalue weighted by Crippen LogP contribution is 2.24. The van der Waals surface area contributed by atoms with Gasteiger partial charge in [0.2, 0.25) is 10.0 Å². The van der Waals surface area contributed by atoms with Gasteiger partial charge < -0.3 is 14.0 Å². The van der Waals surface area contributed by atoms with Crippen LogP contribution in [0.4, 0.5) is 0 Å². The highest BCUT2D eigenvalue weighted by atomic mass is 32.2. The van der Waals surface area contributed by atoms with Crippen molar-refractivity contribution in [3.8, 4) is 0 Å². The molecule has 0 N–H and O–H groups in total. The molecule has 0 aliphatic carbocycles. The number of hydrogen-bond acceptors (Lipinski definition) is 5. The monoisotopic (exact) mass is 302 g/mol. The molecular weight excluding hydrogens is 284 g/mol. The number of carbonyl (C=O) groups is 1. The van der Waals surface area contributed by atoms with E-state index in [0.717, 1.165) is 0 Å². The Morgan fingerprint density at radius 3 is 2.50 bits per heavy atom. The molecule has 1 fully saturated rings. The summed E-state index contributed by atoms with van der Waals surface area (Å²) in [6.45, 7) is 3.08. The summed E-state index contributed by atoms with van der Waals surface area (Å²) in [6.07, 6.45) is 0.